The average molecular weight is 403 g/mol. The first-order chi connectivity index (χ1) is 13.0. The Morgan fingerprint density at radius 2 is 2.15 bits per heavy atom. The summed E-state index contributed by atoms with van der Waals surface area (Å²) in [5, 5.41) is 12.7. The number of nitrogens with zero attached hydrogens (tertiary/aromatic N) is 3. The van der Waals surface area contributed by atoms with Gasteiger partial charge in [-0.15, -0.1) is 11.3 Å². The summed E-state index contributed by atoms with van der Waals surface area (Å²) in [7, 11) is 1.95. The molecule has 4 aromatic rings. The van der Waals surface area contributed by atoms with Gasteiger partial charge in [-0.3, -0.25) is 4.79 Å². The normalized spacial score (nSPS) is 11.4. The van der Waals surface area contributed by atoms with Gasteiger partial charge in [0.1, 0.15) is 10.3 Å². The van der Waals surface area contributed by atoms with Crippen molar-refractivity contribution < 1.29 is 14.3 Å². The fourth-order valence-corrected chi connectivity index (χ4v) is 4.81. The number of aryl methyl sites for hydroxylation is 1. The molecule has 1 aromatic carbocycles. The van der Waals surface area contributed by atoms with Gasteiger partial charge >= 0.3 is 0 Å². The second kappa shape index (κ2) is 7.26. The van der Waals surface area contributed by atoms with Crippen molar-refractivity contribution in [3.05, 3.63) is 35.0 Å². The van der Waals surface area contributed by atoms with Gasteiger partial charge in [0.25, 0.3) is 5.91 Å². The van der Waals surface area contributed by atoms with Crippen molar-refractivity contribution in [3.63, 3.8) is 0 Å². The van der Waals surface area contributed by atoms with Gasteiger partial charge in [0, 0.05) is 32.8 Å². The van der Waals surface area contributed by atoms with E-state index in [9.17, 15) is 4.79 Å². The fourth-order valence-electron chi connectivity index (χ4n) is 2.72. The van der Waals surface area contributed by atoms with Crippen molar-refractivity contribution in [2.24, 2.45) is 0 Å². The van der Waals surface area contributed by atoms with Gasteiger partial charge in [0.15, 0.2) is 16.6 Å². The minimum Gasteiger partial charge on any atom is -0.441 e. The summed E-state index contributed by atoms with van der Waals surface area (Å²) in [5.74, 6) is 0.428. The van der Waals surface area contributed by atoms with Gasteiger partial charge in [0.2, 0.25) is 0 Å². The Hall–Kier alpha value is -2.49. The quantitative estimate of drug-likeness (QED) is 0.509. The molecule has 1 amide bonds. The molecule has 0 fully saturated rings. The standard InChI is InChI=1S/C18H18N4O3S2/c1-10-19-12-8-11(4-5-13(12)25-10)20-16(24)14-9-15-17(26-14)21-18(27-15)22(2)6-3-7-23/h4-5,8-9,23H,3,6-7H2,1-2H3,(H,20,24). The number of anilines is 2. The van der Waals surface area contributed by atoms with Gasteiger partial charge in [-0.05, 0) is 30.7 Å². The molecule has 3 heterocycles. The van der Waals surface area contributed by atoms with Crippen LogP contribution in [0.5, 0.6) is 0 Å². The first-order valence-corrected chi connectivity index (χ1v) is 10.1. The summed E-state index contributed by atoms with van der Waals surface area (Å²) in [6, 6.07) is 7.27. The Bertz CT molecular complexity index is 1080. The molecule has 2 N–H and O–H groups in total. The van der Waals surface area contributed by atoms with Gasteiger partial charge in [-0.1, -0.05) is 11.3 Å². The van der Waals surface area contributed by atoms with E-state index < -0.39 is 0 Å². The van der Waals surface area contributed by atoms with E-state index in [1.54, 1.807) is 36.5 Å². The third-order valence-electron chi connectivity index (χ3n) is 4.03. The van der Waals surface area contributed by atoms with Crippen molar-refractivity contribution in [2.75, 3.05) is 30.4 Å². The number of carbonyl (C=O) groups excluding carboxylic acids is 1. The molecule has 0 aliphatic heterocycles. The van der Waals surface area contributed by atoms with Crippen LogP contribution in [0, 0.1) is 6.92 Å². The molecular weight excluding hydrogens is 384 g/mol. The van der Waals surface area contributed by atoms with E-state index in [1.165, 1.54) is 11.3 Å². The summed E-state index contributed by atoms with van der Waals surface area (Å²) in [6.07, 6.45) is 0.701. The summed E-state index contributed by atoms with van der Waals surface area (Å²) in [4.78, 5) is 24.9. The van der Waals surface area contributed by atoms with Crippen LogP contribution in [0.25, 0.3) is 20.6 Å². The monoisotopic (exact) mass is 402 g/mol. The highest BCUT2D eigenvalue weighted by atomic mass is 32.1. The predicted octanol–water partition coefficient (Wildman–Crippen LogP) is 3.88. The Labute approximate surface area is 163 Å². The SMILES string of the molecule is Cc1nc2cc(NC(=O)c3cc4sc(N(C)CCCO)nc4s3)ccc2o1. The molecule has 0 aliphatic carbocycles. The minimum atomic E-state index is -0.167. The number of carbonyl (C=O) groups is 1. The van der Waals surface area contributed by atoms with Crippen LogP contribution in [0.2, 0.25) is 0 Å². The second-order valence-electron chi connectivity index (χ2n) is 6.14. The number of thiophene rings is 1. The molecule has 3 aromatic heterocycles. The third-order valence-corrected chi connectivity index (χ3v) is 6.31. The van der Waals surface area contributed by atoms with Gasteiger partial charge in [-0.25, -0.2) is 9.97 Å². The molecule has 0 saturated heterocycles. The van der Waals surface area contributed by atoms with E-state index in [0.717, 1.165) is 26.7 Å². The van der Waals surface area contributed by atoms with Crippen LogP contribution in [0.3, 0.4) is 0 Å². The third kappa shape index (κ3) is 3.66. The lowest BCUT2D eigenvalue weighted by Gasteiger charge is -2.13. The van der Waals surface area contributed by atoms with Gasteiger partial charge in [0.05, 0.1) is 9.58 Å². The number of aliphatic hydroxyl groups excluding tert-OH is 1. The second-order valence-corrected chi connectivity index (χ2v) is 8.18. The Morgan fingerprint density at radius 3 is 2.93 bits per heavy atom. The highest BCUT2D eigenvalue weighted by Gasteiger charge is 2.16. The number of oxazole rings is 1. The number of amides is 1. The van der Waals surface area contributed by atoms with Crippen molar-refractivity contribution in [3.8, 4) is 0 Å². The largest absolute Gasteiger partial charge is 0.441 e. The molecular formula is C18H18N4O3S2. The van der Waals surface area contributed by atoms with Crippen LogP contribution in [0.15, 0.2) is 28.7 Å². The van der Waals surface area contributed by atoms with Crippen molar-refractivity contribution in [2.45, 2.75) is 13.3 Å². The zero-order valence-corrected chi connectivity index (χ0v) is 16.5. The molecule has 0 saturated carbocycles. The number of nitrogens with one attached hydrogen (secondary N) is 1. The Kier molecular flexibility index (Phi) is 4.81. The number of thiazole rings is 1. The predicted molar refractivity (Wildman–Crippen MR) is 109 cm³/mol. The lowest BCUT2D eigenvalue weighted by molar-refractivity contribution is 0.103. The number of hydrogen-bond donors (Lipinski definition) is 2. The van der Waals surface area contributed by atoms with Crippen molar-refractivity contribution in [1.82, 2.24) is 9.97 Å². The molecule has 0 spiro atoms. The highest BCUT2D eigenvalue weighted by molar-refractivity contribution is 7.29. The van der Waals surface area contributed by atoms with Crippen molar-refractivity contribution >= 4 is 60.0 Å². The summed E-state index contributed by atoms with van der Waals surface area (Å²) in [6.45, 7) is 2.70. The fraction of sp³-hybridized carbons (Fsp3) is 0.278. The number of aromatic nitrogens is 2. The maximum atomic E-state index is 12.6. The average Bonchev–Trinajstić information content (AvgIpc) is 3.30. The van der Waals surface area contributed by atoms with Crippen LogP contribution in [0.4, 0.5) is 10.8 Å². The maximum absolute atomic E-state index is 12.6. The van der Waals surface area contributed by atoms with E-state index in [-0.39, 0.29) is 12.5 Å². The zero-order valence-electron chi connectivity index (χ0n) is 14.9. The van der Waals surface area contributed by atoms with E-state index in [0.29, 0.717) is 28.5 Å². The summed E-state index contributed by atoms with van der Waals surface area (Å²) >= 11 is 2.92. The lowest BCUT2D eigenvalue weighted by atomic mass is 10.3. The summed E-state index contributed by atoms with van der Waals surface area (Å²) < 4.78 is 6.44. The maximum Gasteiger partial charge on any atom is 0.265 e. The molecule has 0 bridgehead atoms. The molecule has 0 aliphatic rings. The van der Waals surface area contributed by atoms with Crippen molar-refractivity contribution in [1.29, 1.82) is 0 Å². The number of fused-ring (bicyclic) bond motifs is 2. The number of hydrogen-bond acceptors (Lipinski definition) is 8. The first-order valence-electron chi connectivity index (χ1n) is 8.44. The van der Waals surface area contributed by atoms with E-state index in [4.69, 9.17) is 9.52 Å². The molecule has 140 valence electrons. The van der Waals surface area contributed by atoms with Gasteiger partial charge in [-0.2, -0.15) is 0 Å². The lowest BCUT2D eigenvalue weighted by Crippen LogP contribution is -2.18. The van der Waals surface area contributed by atoms with Crippen LogP contribution >= 0.6 is 22.7 Å². The minimum absolute atomic E-state index is 0.161. The molecule has 27 heavy (non-hydrogen) atoms. The van der Waals surface area contributed by atoms with E-state index in [1.807, 2.05) is 18.0 Å². The molecule has 9 heteroatoms. The first kappa shape index (κ1) is 17.9. The topological polar surface area (TPSA) is 91.5 Å². The smallest absolute Gasteiger partial charge is 0.265 e. The van der Waals surface area contributed by atoms with Crippen LogP contribution in [-0.4, -0.2) is 41.2 Å². The summed E-state index contributed by atoms with van der Waals surface area (Å²) in [5.41, 5.74) is 2.09. The van der Waals surface area contributed by atoms with E-state index >= 15 is 0 Å². The van der Waals surface area contributed by atoms with Gasteiger partial charge < -0.3 is 19.7 Å². The molecule has 0 atom stereocenters. The molecule has 7 nitrogen and oxygen atoms in total. The molecule has 0 radical (unpaired) electrons. The number of rotatable bonds is 6. The Balaban J connectivity index is 1.50. The van der Waals surface area contributed by atoms with Crippen LogP contribution in [0.1, 0.15) is 22.0 Å². The number of benzene rings is 1. The molecule has 4 rings (SSSR count). The van der Waals surface area contributed by atoms with E-state index in [2.05, 4.69) is 15.3 Å². The Morgan fingerprint density at radius 1 is 1.30 bits per heavy atom. The van der Waals surface area contributed by atoms with Crippen LogP contribution in [-0.2, 0) is 0 Å². The zero-order chi connectivity index (χ0) is 19.0. The molecule has 0 unspecified atom stereocenters. The number of aliphatic hydroxyl groups is 1. The highest BCUT2D eigenvalue weighted by Crippen LogP contribution is 2.34. The van der Waals surface area contributed by atoms with Crippen LogP contribution < -0.4 is 10.2 Å².